The normalized spacial score (nSPS) is 20.1. The summed E-state index contributed by atoms with van der Waals surface area (Å²) in [7, 11) is -4.16. The molecule has 2 atom stereocenters. The van der Waals surface area contributed by atoms with E-state index in [0.29, 0.717) is 0 Å². The molecule has 35 heavy (non-hydrogen) atoms. The highest BCUT2D eigenvalue weighted by Gasteiger charge is 2.58. The van der Waals surface area contributed by atoms with Crippen molar-refractivity contribution in [3.05, 3.63) is 29.8 Å². The van der Waals surface area contributed by atoms with Crippen LogP contribution in [-0.4, -0.2) is 48.3 Å². The Balaban J connectivity index is 2.22. The standard InChI is InChI=1S/C26H41NO7S/c1-23(2,3)27(21(28)33-24(4,5)6)35(30,31)18-14-12-17(13-15-18)20-19(26(20,10)11)16-32-22(29)34-25(7,8)9/h12-15,19-20H,16H2,1-11H3/t19-,20-/m1/s1. The van der Waals surface area contributed by atoms with E-state index in [4.69, 9.17) is 14.2 Å². The first kappa shape index (κ1) is 28.9. The van der Waals surface area contributed by atoms with E-state index in [9.17, 15) is 18.0 Å². The lowest BCUT2D eigenvalue weighted by Crippen LogP contribution is -2.51. The molecule has 1 aliphatic carbocycles. The molecule has 0 radical (unpaired) electrons. The maximum Gasteiger partial charge on any atom is 0.508 e. The SMILES string of the molecule is CC(C)(C)OC(=O)OC[C@@H]1[C@@H](c2ccc(S(=O)(=O)N(C(=O)OC(C)(C)C)C(C)(C)C)cc2)C1(C)C. The third kappa shape index (κ3) is 7.12. The van der Waals surface area contributed by atoms with Gasteiger partial charge in [0.25, 0.3) is 10.0 Å². The predicted octanol–water partition coefficient (Wildman–Crippen LogP) is 6.10. The molecular formula is C26H41NO7S. The van der Waals surface area contributed by atoms with Gasteiger partial charge in [-0.1, -0.05) is 26.0 Å². The van der Waals surface area contributed by atoms with Crippen LogP contribution in [0, 0.1) is 11.3 Å². The fraction of sp³-hybridized carbons (Fsp3) is 0.692. The molecule has 1 aliphatic rings. The number of hydrogen-bond acceptors (Lipinski definition) is 7. The van der Waals surface area contributed by atoms with Crippen molar-refractivity contribution in [1.82, 2.24) is 4.31 Å². The molecule has 9 heteroatoms. The summed E-state index contributed by atoms with van der Waals surface area (Å²) in [5.74, 6) is 0.163. The molecule has 0 aromatic heterocycles. The highest BCUT2D eigenvalue weighted by molar-refractivity contribution is 7.89. The Labute approximate surface area is 210 Å². The molecule has 0 aliphatic heterocycles. The summed E-state index contributed by atoms with van der Waals surface area (Å²) < 4.78 is 43.6. The molecular weight excluding hydrogens is 470 g/mol. The molecule has 198 valence electrons. The number of ether oxygens (including phenoxy) is 3. The zero-order valence-corrected chi connectivity index (χ0v) is 23.7. The molecule has 1 aromatic carbocycles. The van der Waals surface area contributed by atoms with E-state index >= 15 is 0 Å². The van der Waals surface area contributed by atoms with Crippen molar-refractivity contribution in [2.45, 2.75) is 104 Å². The van der Waals surface area contributed by atoms with Gasteiger partial charge in [0.05, 0.1) is 17.0 Å². The van der Waals surface area contributed by atoms with Gasteiger partial charge in [-0.3, -0.25) is 0 Å². The summed E-state index contributed by atoms with van der Waals surface area (Å²) >= 11 is 0. The van der Waals surface area contributed by atoms with Crippen molar-refractivity contribution in [1.29, 1.82) is 0 Å². The Morgan fingerprint density at radius 3 is 1.80 bits per heavy atom. The van der Waals surface area contributed by atoms with Gasteiger partial charge < -0.3 is 14.2 Å². The quantitative estimate of drug-likeness (QED) is 0.440. The van der Waals surface area contributed by atoms with Crippen molar-refractivity contribution in [3.63, 3.8) is 0 Å². The van der Waals surface area contributed by atoms with Crippen LogP contribution in [-0.2, 0) is 24.2 Å². The molecule has 1 saturated carbocycles. The van der Waals surface area contributed by atoms with Crippen molar-refractivity contribution < 1.29 is 32.2 Å². The van der Waals surface area contributed by atoms with E-state index in [0.717, 1.165) is 9.87 Å². The fourth-order valence-electron chi connectivity index (χ4n) is 4.14. The van der Waals surface area contributed by atoms with Crippen LogP contribution in [0.3, 0.4) is 0 Å². The van der Waals surface area contributed by atoms with Gasteiger partial charge in [0.1, 0.15) is 11.2 Å². The van der Waals surface area contributed by atoms with Gasteiger partial charge in [0.2, 0.25) is 0 Å². The summed E-state index contributed by atoms with van der Waals surface area (Å²) in [6, 6.07) is 6.52. The lowest BCUT2D eigenvalue weighted by atomic mass is 10.0. The fourth-order valence-corrected chi connectivity index (χ4v) is 5.79. The third-order valence-corrected chi connectivity index (χ3v) is 7.81. The molecule has 0 bridgehead atoms. The van der Waals surface area contributed by atoms with E-state index in [1.54, 1.807) is 74.4 Å². The first-order valence-electron chi connectivity index (χ1n) is 11.8. The van der Waals surface area contributed by atoms with Gasteiger partial charge in [-0.2, -0.15) is 4.31 Å². The Bertz CT molecular complexity index is 1040. The van der Waals surface area contributed by atoms with Gasteiger partial charge in [-0.15, -0.1) is 0 Å². The second-order valence-corrected chi connectivity index (χ2v) is 14.5. The summed E-state index contributed by atoms with van der Waals surface area (Å²) in [4.78, 5) is 24.8. The lowest BCUT2D eigenvalue weighted by molar-refractivity contribution is -0.0102. The minimum absolute atomic E-state index is 0.00189. The number of amides is 1. The van der Waals surface area contributed by atoms with Crippen molar-refractivity contribution in [2.75, 3.05) is 6.61 Å². The molecule has 0 N–H and O–H groups in total. The van der Waals surface area contributed by atoms with Crippen molar-refractivity contribution >= 4 is 22.3 Å². The predicted molar refractivity (Wildman–Crippen MR) is 134 cm³/mol. The number of carbonyl (C=O) groups excluding carboxylic acids is 2. The molecule has 0 unspecified atom stereocenters. The van der Waals surface area contributed by atoms with E-state index < -0.39 is 39.0 Å². The van der Waals surface area contributed by atoms with Gasteiger partial charge >= 0.3 is 12.2 Å². The first-order valence-corrected chi connectivity index (χ1v) is 13.3. The summed E-state index contributed by atoms with van der Waals surface area (Å²) in [6.07, 6.45) is -1.62. The van der Waals surface area contributed by atoms with E-state index in [2.05, 4.69) is 13.8 Å². The van der Waals surface area contributed by atoms with Crippen LogP contribution in [0.4, 0.5) is 9.59 Å². The minimum atomic E-state index is -4.16. The smallest absolute Gasteiger partial charge is 0.443 e. The second kappa shape index (κ2) is 9.30. The van der Waals surface area contributed by atoms with Crippen LogP contribution in [0.15, 0.2) is 29.2 Å². The number of carbonyl (C=O) groups is 2. The summed E-state index contributed by atoms with van der Waals surface area (Å²) in [5.41, 5.74) is -1.68. The van der Waals surface area contributed by atoms with E-state index in [1.165, 1.54) is 12.1 Å². The maximum atomic E-state index is 13.4. The molecule has 1 aromatic rings. The second-order valence-electron chi connectivity index (χ2n) is 12.7. The number of sulfonamides is 1. The van der Waals surface area contributed by atoms with Crippen LogP contribution in [0.2, 0.25) is 0 Å². The zero-order chi connectivity index (χ0) is 27.2. The van der Waals surface area contributed by atoms with E-state index in [-0.39, 0.29) is 28.8 Å². The number of benzene rings is 1. The molecule has 0 heterocycles. The molecule has 0 saturated heterocycles. The van der Waals surface area contributed by atoms with Crippen molar-refractivity contribution in [3.8, 4) is 0 Å². The van der Waals surface area contributed by atoms with Gasteiger partial charge in [-0.05, 0) is 91.3 Å². The zero-order valence-electron chi connectivity index (χ0n) is 22.9. The summed E-state index contributed by atoms with van der Waals surface area (Å²) in [6.45, 7) is 19.7. The molecule has 0 spiro atoms. The van der Waals surface area contributed by atoms with Crippen LogP contribution in [0.25, 0.3) is 0 Å². The van der Waals surface area contributed by atoms with Gasteiger partial charge in [0, 0.05) is 5.92 Å². The monoisotopic (exact) mass is 511 g/mol. The molecule has 1 fully saturated rings. The lowest BCUT2D eigenvalue weighted by Gasteiger charge is -2.35. The molecule has 1 amide bonds. The molecule has 8 nitrogen and oxygen atoms in total. The number of nitrogens with zero attached hydrogens (tertiary/aromatic N) is 1. The average molecular weight is 512 g/mol. The molecule has 2 rings (SSSR count). The van der Waals surface area contributed by atoms with Gasteiger partial charge in [0.15, 0.2) is 0 Å². The largest absolute Gasteiger partial charge is 0.508 e. The van der Waals surface area contributed by atoms with Crippen LogP contribution in [0.5, 0.6) is 0 Å². The highest BCUT2D eigenvalue weighted by atomic mass is 32.2. The number of hydrogen-bond donors (Lipinski definition) is 0. The maximum absolute atomic E-state index is 13.4. The van der Waals surface area contributed by atoms with Crippen LogP contribution >= 0.6 is 0 Å². The van der Waals surface area contributed by atoms with Crippen molar-refractivity contribution in [2.24, 2.45) is 11.3 Å². The van der Waals surface area contributed by atoms with Crippen LogP contribution < -0.4 is 0 Å². The Hall–Kier alpha value is -2.29. The highest BCUT2D eigenvalue weighted by Crippen LogP contribution is 2.64. The number of rotatable bonds is 5. The summed E-state index contributed by atoms with van der Waals surface area (Å²) in [5, 5.41) is 0. The Kier molecular flexibility index (Phi) is 7.69. The topological polar surface area (TPSA) is 99.2 Å². The third-order valence-electron chi connectivity index (χ3n) is 5.77. The first-order chi connectivity index (χ1) is 15.6. The average Bonchev–Trinajstić information content (AvgIpc) is 3.16. The van der Waals surface area contributed by atoms with Crippen LogP contribution in [0.1, 0.15) is 87.6 Å². The van der Waals surface area contributed by atoms with E-state index in [1.807, 2.05) is 0 Å². The Morgan fingerprint density at radius 1 is 0.886 bits per heavy atom. The van der Waals surface area contributed by atoms with Gasteiger partial charge in [-0.25, -0.2) is 18.0 Å². The Morgan fingerprint density at radius 2 is 1.37 bits per heavy atom. The minimum Gasteiger partial charge on any atom is -0.443 e.